The molecule has 0 aromatic carbocycles. The van der Waals surface area contributed by atoms with E-state index >= 15 is 0 Å². The molecule has 0 unspecified atom stereocenters. The van der Waals surface area contributed by atoms with Crippen LogP contribution >= 0.6 is 0 Å². The molecule has 0 aliphatic heterocycles. The van der Waals surface area contributed by atoms with Crippen molar-refractivity contribution in [1.29, 1.82) is 0 Å². The molecular weight excluding hydrogens is 314 g/mol. The van der Waals surface area contributed by atoms with Crippen molar-refractivity contribution in [2.45, 2.75) is 13.8 Å². The van der Waals surface area contributed by atoms with Crippen LogP contribution in [0.15, 0.2) is 0 Å². The first-order chi connectivity index (χ1) is 3.46. The summed E-state index contributed by atoms with van der Waals surface area (Å²) in [7, 11) is 0. The Bertz CT molecular complexity index is 81.1. The molecule has 0 radical (unpaired) electrons. The summed E-state index contributed by atoms with van der Waals surface area (Å²) < 4.78 is 0. The molecule has 8 heteroatoms. The van der Waals surface area contributed by atoms with E-state index in [1.165, 1.54) is 0 Å². The maximum absolute atomic E-state index is 8.89. The van der Waals surface area contributed by atoms with E-state index in [9.17, 15) is 0 Å². The molecular formula is C4H6Cl2O4Zn2. The van der Waals surface area contributed by atoms with E-state index < -0.39 is 11.9 Å². The van der Waals surface area contributed by atoms with Gasteiger partial charge >= 0.3 is 39.0 Å². The van der Waals surface area contributed by atoms with Crippen LogP contribution in [0.25, 0.3) is 0 Å². The number of carbonyl (C=O) groups excluding carboxylic acids is 2. The number of carboxylic acids is 2. The fourth-order valence-electron chi connectivity index (χ4n) is 0. The van der Waals surface area contributed by atoms with Gasteiger partial charge in [-0.15, -0.1) is 0 Å². The molecule has 0 aliphatic carbocycles. The summed E-state index contributed by atoms with van der Waals surface area (Å²) >= 11 is 0. The Kier molecular flexibility index (Phi) is 95.8. The Morgan fingerprint density at radius 2 is 0.833 bits per heavy atom. The Hall–Kier alpha value is 0.767. The van der Waals surface area contributed by atoms with Gasteiger partial charge in [0.1, 0.15) is 0 Å². The van der Waals surface area contributed by atoms with E-state index in [1.807, 2.05) is 0 Å². The second-order valence-corrected chi connectivity index (χ2v) is 0.983. The van der Waals surface area contributed by atoms with Crippen molar-refractivity contribution in [3.8, 4) is 0 Å². The summed E-state index contributed by atoms with van der Waals surface area (Å²) in [5.74, 6) is -2.17. The van der Waals surface area contributed by atoms with Crippen LogP contribution in [-0.4, -0.2) is 11.9 Å². The maximum atomic E-state index is 8.89. The standard InChI is InChI=1S/2C2H4O2.2ClH.2Zn/c2*1-2(3)4;;;;/h2*1H3,(H,3,4);2*1H;;/q;;;;2*+2/p-4. The Balaban J connectivity index is -0.0000000112. The van der Waals surface area contributed by atoms with Gasteiger partial charge in [-0.3, -0.25) is 0 Å². The van der Waals surface area contributed by atoms with E-state index in [-0.39, 0.29) is 63.8 Å². The number of hydrogen-bond acceptors (Lipinski definition) is 4. The summed E-state index contributed by atoms with van der Waals surface area (Å²) in [5.41, 5.74) is 0. The molecule has 0 aromatic rings. The van der Waals surface area contributed by atoms with Crippen molar-refractivity contribution in [1.82, 2.24) is 0 Å². The normalized spacial score (nSPS) is 4.17. The second-order valence-electron chi connectivity index (χ2n) is 0.983. The minimum atomic E-state index is -1.08. The van der Waals surface area contributed by atoms with Crippen molar-refractivity contribution in [2.24, 2.45) is 0 Å². The van der Waals surface area contributed by atoms with E-state index in [2.05, 4.69) is 0 Å². The van der Waals surface area contributed by atoms with Gasteiger partial charge in [0.25, 0.3) is 0 Å². The Labute approximate surface area is 109 Å². The number of carboxylic acid groups (broad SMARTS) is 2. The van der Waals surface area contributed by atoms with Gasteiger partial charge in [-0.2, -0.15) is 0 Å². The second kappa shape index (κ2) is 29.8. The van der Waals surface area contributed by atoms with Gasteiger partial charge in [0.2, 0.25) is 0 Å². The van der Waals surface area contributed by atoms with Crippen LogP contribution < -0.4 is 35.0 Å². The van der Waals surface area contributed by atoms with Gasteiger partial charge in [0.05, 0.1) is 0 Å². The first-order valence-electron chi connectivity index (χ1n) is 1.82. The predicted molar refractivity (Wildman–Crippen MR) is 21.4 cm³/mol. The van der Waals surface area contributed by atoms with Crippen molar-refractivity contribution in [2.75, 3.05) is 0 Å². The number of halogens is 2. The molecule has 0 N–H and O–H groups in total. The van der Waals surface area contributed by atoms with Crippen LogP contribution in [0.2, 0.25) is 0 Å². The molecule has 12 heavy (non-hydrogen) atoms. The first-order valence-corrected chi connectivity index (χ1v) is 1.82. The zero-order chi connectivity index (χ0) is 7.15. The minimum absolute atomic E-state index is 0. The molecule has 0 saturated heterocycles. The SMILES string of the molecule is CC(=O)[O-].CC(=O)[O-].[Cl-].[Cl-].[Zn+2].[Zn+2]. The molecule has 0 aromatic heterocycles. The largest absolute Gasteiger partial charge is 2.00 e. The molecule has 0 amide bonds. The zero-order valence-electron chi connectivity index (χ0n) is 6.80. The molecule has 0 fully saturated rings. The van der Waals surface area contributed by atoms with Crippen molar-refractivity contribution >= 4 is 11.9 Å². The van der Waals surface area contributed by atoms with E-state index in [1.54, 1.807) is 0 Å². The van der Waals surface area contributed by atoms with Gasteiger partial charge in [-0.1, -0.05) is 0 Å². The van der Waals surface area contributed by atoms with Crippen LogP contribution in [0, 0.1) is 0 Å². The average Bonchev–Trinajstić information content (AvgIpc) is 1.25. The fourth-order valence-corrected chi connectivity index (χ4v) is 0. The summed E-state index contributed by atoms with van der Waals surface area (Å²) in [5, 5.41) is 17.8. The zero-order valence-corrected chi connectivity index (χ0v) is 14.2. The quantitative estimate of drug-likeness (QED) is 0.415. The molecule has 0 heterocycles. The molecule has 0 saturated carbocycles. The summed E-state index contributed by atoms with van der Waals surface area (Å²) in [6, 6.07) is 0. The number of carbonyl (C=O) groups is 2. The van der Waals surface area contributed by atoms with Gasteiger partial charge in [0, 0.05) is 11.9 Å². The molecule has 64 valence electrons. The smallest absolute Gasteiger partial charge is 1.00 e. The van der Waals surface area contributed by atoms with Crippen LogP contribution in [0.4, 0.5) is 0 Å². The Morgan fingerprint density at radius 3 is 0.833 bits per heavy atom. The van der Waals surface area contributed by atoms with Crippen LogP contribution in [0.3, 0.4) is 0 Å². The summed E-state index contributed by atoms with van der Waals surface area (Å²) in [4.78, 5) is 17.8. The number of aliphatic carboxylic acids is 2. The fraction of sp³-hybridized carbons (Fsp3) is 0.500. The van der Waals surface area contributed by atoms with Crippen LogP contribution in [0.1, 0.15) is 13.8 Å². The summed E-state index contributed by atoms with van der Waals surface area (Å²) in [6.45, 7) is 1.94. The molecule has 0 bridgehead atoms. The molecule has 0 aliphatic rings. The van der Waals surface area contributed by atoms with E-state index in [0.29, 0.717) is 0 Å². The number of hydrogen-bond donors (Lipinski definition) is 0. The van der Waals surface area contributed by atoms with Gasteiger partial charge in [0.15, 0.2) is 0 Å². The van der Waals surface area contributed by atoms with Crippen molar-refractivity contribution in [3.05, 3.63) is 0 Å². The van der Waals surface area contributed by atoms with Crippen molar-refractivity contribution < 1.29 is 83.6 Å². The third kappa shape index (κ3) is 1750. The summed E-state index contributed by atoms with van der Waals surface area (Å²) in [6.07, 6.45) is 0. The average molecular weight is 320 g/mol. The van der Waals surface area contributed by atoms with Gasteiger partial charge in [-0.25, -0.2) is 0 Å². The molecule has 0 atom stereocenters. The molecule has 0 rings (SSSR count). The third-order valence-corrected chi connectivity index (χ3v) is 0. The number of rotatable bonds is 0. The predicted octanol–water partition coefficient (Wildman–Crippen LogP) is -8.48. The van der Waals surface area contributed by atoms with Crippen LogP contribution in [-0.2, 0) is 48.5 Å². The van der Waals surface area contributed by atoms with Gasteiger partial charge < -0.3 is 44.6 Å². The van der Waals surface area contributed by atoms with Crippen molar-refractivity contribution in [3.63, 3.8) is 0 Å². The monoisotopic (exact) mass is 316 g/mol. The minimum Gasteiger partial charge on any atom is -1.00 e. The van der Waals surface area contributed by atoms with E-state index in [0.717, 1.165) is 13.8 Å². The van der Waals surface area contributed by atoms with Gasteiger partial charge in [-0.05, 0) is 13.8 Å². The molecule has 4 nitrogen and oxygen atoms in total. The van der Waals surface area contributed by atoms with Crippen LogP contribution in [0.5, 0.6) is 0 Å². The Morgan fingerprint density at radius 1 is 0.833 bits per heavy atom. The third-order valence-electron chi connectivity index (χ3n) is 0. The maximum Gasteiger partial charge on any atom is 2.00 e. The topological polar surface area (TPSA) is 80.3 Å². The van der Waals surface area contributed by atoms with E-state index in [4.69, 9.17) is 19.8 Å². The molecule has 0 spiro atoms. The first kappa shape index (κ1) is 38.6.